The average Bonchev–Trinajstić information content (AvgIpc) is 3.01. The molecule has 0 bridgehead atoms. The molecule has 0 radical (unpaired) electrons. The topological polar surface area (TPSA) is 34.1 Å². The summed E-state index contributed by atoms with van der Waals surface area (Å²) in [6.45, 7) is 7.56. The maximum absolute atomic E-state index is 5.88. The van der Waals surface area contributed by atoms with E-state index in [0.717, 1.165) is 19.6 Å². The molecule has 1 aromatic carbocycles. The van der Waals surface area contributed by atoms with E-state index in [2.05, 4.69) is 31.0 Å². The Morgan fingerprint density at radius 3 is 2.83 bits per heavy atom. The van der Waals surface area contributed by atoms with Gasteiger partial charge in [-0.3, -0.25) is 5.01 Å². The fourth-order valence-electron chi connectivity index (χ4n) is 3.02. The molecular weight excluding hydrogens is 288 g/mol. The summed E-state index contributed by atoms with van der Waals surface area (Å²) in [4.78, 5) is 0. The predicted octanol–water partition coefficient (Wildman–Crippen LogP) is 3.72. The van der Waals surface area contributed by atoms with Gasteiger partial charge in [0, 0.05) is 25.3 Å². The molecule has 1 fully saturated rings. The molecule has 1 aromatic rings. The molecule has 1 aliphatic heterocycles. The largest absolute Gasteiger partial charge is 0.382 e. The van der Waals surface area contributed by atoms with E-state index in [-0.39, 0.29) is 0 Å². The van der Waals surface area contributed by atoms with E-state index >= 15 is 0 Å². The number of benzene rings is 1. The Hall–Kier alpha value is -1.39. The van der Waals surface area contributed by atoms with Crippen molar-refractivity contribution in [3.63, 3.8) is 0 Å². The third kappa shape index (κ3) is 5.63. The van der Waals surface area contributed by atoms with Crippen molar-refractivity contribution in [2.45, 2.75) is 45.8 Å². The summed E-state index contributed by atoms with van der Waals surface area (Å²) >= 11 is 0. The Balaban J connectivity index is 1.85. The zero-order valence-corrected chi connectivity index (χ0v) is 14.7. The molecule has 4 nitrogen and oxygen atoms in total. The van der Waals surface area contributed by atoms with Gasteiger partial charge in [-0.25, -0.2) is 0 Å². The van der Waals surface area contributed by atoms with Gasteiger partial charge in [0.2, 0.25) is 0 Å². The number of hydrazone groups is 1. The molecule has 1 aliphatic rings. The van der Waals surface area contributed by atoms with Gasteiger partial charge in [-0.2, -0.15) is 5.10 Å². The molecule has 0 amide bonds. The molecule has 0 spiro atoms. The van der Waals surface area contributed by atoms with Crippen LogP contribution in [0.3, 0.4) is 0 Å². The Bertz CT molecular complexity index is 476. The standard InChI is InChI=1S/C19H30N2O2/c1-4-19(20-21-12-8-11-18(21)15-22-3)16(2)13-23-14-17-9-6-5-7-10-17/h5-7,9-10,16,18H,4,8,11-15H2,1-3H3/b20-19+/t16-,18-/m0/s1. The minimum atomic E-state index is 0.340. The van der Waals surface area contributed by atoms with Gasteiger partial charge in [0.25, 0.3) is 0 Å². The highest BCUT2D eigenvalue weighted by molar-refractivity contribution is 5.86. The smallest absolute Gasteiger partial charge is 0.0717 e. The van der Waals surface area contributed by atoms with Crippen LogP contribution in [0, 0.1) is 5.92 Å². The summed E-state index contributed by atoms with van der Waals surface area (Å²) in [5.74, 6) is 0.340. The van der Waals surface area contributed by atoms with E-state index in [1.54, 1.807) is 7.11 Å². The van der Waals surface area contributed by atoms with Crippen LogP contribution >= 0.6 is 0 Å². The van der Waals surface area contributed by atoms with Gasteiger partial charge in [0.1, 0.15) is 0 Å². The van der Waals surface area contributed by atoms with Crippen LogP contribution in [0.4, 0.5) is 0 Å². The molecule has 128 valence electrons. The van der Waals surface area contributed by atoms with Gasteiger partial charge in [-0.15, -0.1) is 0 Å². The van der Waals surface area contributed by atoms with Gasteiger partial charge in [-0.05, 0) is 24.8 Å². The highest BCUT2D eigenvalue weighted by Crippen LogP contribution is 2.19. The SMILES string of the molecule is CC/C(=N\N1CCC[C@H]1COC)[C@@H](C)COCc1ccccc1. The monoisotopic (exact) mass is 318 g/mol. The third-order valence-corrected chi connectivity index (χ3v) is 4.37. The highest BCUT2D eigenvalue weighted by Gasteiger charge is 2.24. The molecule has 1 heterocycles. The first-order valence-electron chi connectivity index (χ1n) is 8.69. The molecule has 0 aliphatic carbocycles. The van der Waals surface area contributed by atoms with Crippen LogP contribution in [0.15, 0.2) is 35.4 Å². The summed E-state index contributed by atoms with van der Waals surface area (Å²) in [5.41, 5.74) is 2.44. The average molecular weight is 318 g/mol. The summed E-state index contributed by atoms with van der Waals surface area (Å²) in [5, 5.41) is 7.13. The van der Waals surface area contributed by atoms with Gasteiger partial charge < -0.3 is 9.47 Å². The maximum Gasteiger partial charge on any atom is 0.0717 e. The lowest BCUT2D eigenvalue weighted by atomic mass is 10.1. The molecule has 0 N–H and O–H groups in total. The number of hydrogen-bond donors (Lipinski definition) is 0. The summed E-state index contributed by atoms with van der Waals surface area (Å²) in [6, 6.07) is 10.7. The Labute approximate surface area is 140 Å². The second-order valence-electron chi connectivity index (χ2n) is 6.26. The van der Waals surface area contributed by atoms with Gasteiger partial charge >= 0.3 is 0 Å². The molecule has 23 heavy (non-hydrogen) atoms. The number of rotatable bonds is 9. The van der Waals surface area contributed by atoms with E-state index in [9.17, 15) is 0 Å². The van der Waals surface area contributed by atoms with E-state index < -0.39 is 0 Å². The lowest BCUT2D eigenvalue weighted by Gasteiger charge is -2.24. The number of methoxy groups -OCH3 is 1. The normalized spacial score (nSPS) is 20.0. The molecule has 2 rings (SSSR count). The van der Waals surface area contributed by atoms with Crippen molar-refractivity contribution in [1.82, 2.24) is 5.01 Å². The van der Waals surface area contributed by atoms with Crippen molar-refractivity contribution in [2.24, 2.45) is 11.0 Å². The van der Waals surface area contributed by atoms with Crippen LogP contribution in [0.5, 0.6) is 0 Å². The minimum Gasteiger partial charge on any atom is -0.382 e. The second-order valence-corrected chi connectivity index (χ2v) is 6.26. The fraction of sp³-hybridized carbons (Fsp3) is 0.632. The van der Waals surface area contributed by atoms with Crippen molar-refractivity contribution in [1.29, 1.82) is 0 Å². The van der Waals surface area contributed by atoms with Crippen molar-refractivity contribution in [2.75, 3.05) is 26.9 Å². The van der Waals surface area contributed by atoms with Crippen molar-refractivity contribution in [3.8, 4) is 0 Å². The third-order valence-electron chi connectivity index (χ3n) is 4.37. The molecule has 2 atom stereocenters. The first kappa shape index (κ1) is 18.0. The van der Waals surface area contributed by atoms with Crippen LogP contribution in [-0.2, 0) is 16.1 Å². The van der Waals surface area contributed by atoms with Crippen LogP contribution in [0.1, 0.15) is 38.7 Å². The highest BCUT2D eigenvalue weighted by atomic mass is 16.5. The number of hydrogen-bond acceptors (Lipinski definition) is 4. The summed E-state index contributed by atoms with van der Waals surface area (Å²) < 4.78 is 11.2. The van der Waals surface area contributed by atoms with E-state index in [0.29, 0.717) is 25.2 Å². The first-order valence-corrected chi connectivity index (χ1v) is 8.69. The fourth-order valence-corrected chi connectivity index (χ4v) is 3.02. The molecular formula is C19H30N2O2. The zero-order chi connectivity index (χ0) is 16.5. The quantitative estimate of drug-likeness (QED) is 0.651. The lowest BCUT2D eigenvalue weighted by molar-refractivity contribution is 0.104. The van der Waals surface area contributed by atoms with Crippen molar-refractivity contribution in [3.05, 3.63) is 35.9 Å². The predicted molar refractivity (Wildman–Crippen MR) is 94.6 cm³/mol. The van der Waals surface area contributed by atoms with Crippen molar-refractivity contribution >= 4 is 5.71 Å². The maximum atomic E-state index is 5.88. The molecule has 0 saturated carbocycles. The molecule has 0 aromatic heterocycles. The van der Waals surface area contributed by atoms with E-state index in [1.165, 1.54) is 24.1 Å². The molecule has 4 heteroatoms. The summed E-state index contributed by atoms with van der Waals surface area (Å²) in [7, 11) is 1.76. The van der Waals surface area contributed by atoms with E-state index in [4.69, 9.17) is 14.6 Å². The lowest BCUT2D eigenvalue weighted by Crippen LogP contribution is -2.31. The molecule has 1 saturated heterocycles. The van der Waals surface area contributed by atoms with Crippen LogP contribution in [0.25, 0.3) is 0 Å². The molecule has 0 unspecified atom stereocenters. The Morgan fingerprint density at radius 2 is 2.13 bits per heavy atom. The van der Waals surface area contributed by atoms with Crippen LogP contribution < -0.4 is 0 Å². The number of ether oxygens (including phenoxy) is 2. The number of nitrogens with zero attached hydrogens (tertiary/aromatic N) is 2. The second kappa shape index (κ2) is 9.68. The zero-order valence-electron chi connectivity index (χ0n) is 14.7. The van der Waals surface area contributed by atoms with Crippen LogP contribution in [-0.4, -0.2) is 43.6 Å². The summed E-state index contributed by atoms with van der Waals surface area (Å²) in [6.07, 6.45) is 3.34. The van der Waals surface area contributed by atoms with Crippen molar-refractivity contribution < 1.29 is 9.47 Å². The van der Waals surface area contributed by atoms with Gasteiger partial charge in [-0.1, -0.05) is 44.2 Å². The van der Waals surface area contributed by atoms with Gasteiger partial charge in [0.05, 0.1) is 25.9 Å². The van der Waals surface area contributed by atoms with E-state index in [1.807, 2.05) is 18.2 Å². The minimum absolute atomic E-state index is 0.340. The Kier molecular flexibility index (Phi) is 7.56. The van der Waals surface area contributed by atoms with Crippen LogP contribution in [0.2, 0.25) is 0 Å². The van der Waals surface area contributed by atoms with Gasteiger partial charge in [0.15, 0.2) is 0 Å². The first-order chi connectivity index (χ1) is 11.2. The Morgan fingerprint density at radius 1 is 1.35 bits per heavy atom.